The van der Waals surface area contributed by atoms with Crippen LogP contribution in [0, 0.1) is 0 Å². The predicted molar refractivity (Wildman–Crippen MR) is 306 cm³/mol. The number of nitrogens with zero attached hydrogens (tertiary/aromatic N) is 10. The van der Waals surface area contributed by atoms with Gasteiger partial charge in [-0.2, -0.15) is 0 Å². The zero-order valence-electron chi connectivity index (χ0n) is 45.3. The lowest BCUT2D eigenvalue weighted by Crippen LogP contribution is -2.38. The molecule has 19 heteroatoms. The van der Waals surface area contributed by atoms with E-state index in [4.69, 9.17) is 0 Å². The molecular formula is C61H68N12O7. The third-order valence-electron chi connectivity index (χ3n) is 14.6. The molecule has 1 unspecified atom stereocenters. The van der Waals surface area contributed by atoms with E-state index in [0.717, 1.165) is 93.0 Å². The molecule has 1 atom stereocenters. The first kappa shape index (κ1) is 57.2. The Bertz CT molecular complexity index is 3520. The molecule has 0 saturated heterocycles. The maximum atomic E-state index is 12.6. The van der Waals surface area contributed by atoms with Gasteiger partial charge in [-0.1, -0.05) is 82.8 Å². The van der Waals surface area contributed by atoms with Crippen molar-refractivity contribution in [2.45, 2.75) is 93.6 Å². The van der Waals surface area contributed by atoms with Crippen LogP contribution in [0.25, 0.3) is 17.1 Å². The first-order chi connectivity index (χ1) is 38.2. The summed E-state index contributed by atoms with van der Waals surface area (Å²) in [4.78, 5) is 102. The van der Waals surface area contributed by atoms with Crippen molar-refractivity contribution in [1.82, 2.24) is 49.1 Å². The van der Waals surface area contributed by atoms with Gasteiger partial charge in [-0.3, -0.25) is 47.9 Å². The second kappa shape index (κ2) is 25.2. The molecule has 6 aromatic rings. The van der Waals surface area contributed by atoms with E-state index in [2.05, 4.69) is 49.1 Å². The van der Waals surface area contributed by atoms with Crippen LogP contribution in [0.15, 0.2) is 120 Å². The van der Waals surface area contributed by atoms with Crippen molar-refractivity contribution in [3.63, 3.8) is 0 Å². The van der Waals surface area contributed by atoms with Gasteiger partial charge in [0.2, 0.25) is 23.6 Å². The Kier molecular flexibility index (Phi) is 18.0. The molecule has 3 N–H and O–H groups in total. The Morgan fingerprint density at radius 3 is 1.51 bits per heavy atom. The number of aliphatic hydroxyl groups excluding tert-OH is 1. The number of imidazole rings is 3. The number of H-pyrrole nitrogens is 1. The number of aromatic amines is 1. The molecule has 9 heterocycles. The minimum absolute atomic E-state index is 0. The highest BCUT2D eigenvalue weighted by atomic mass is 16.3. The Morgan fingerprint density at radius 2 is 1.09 bits per heavy atom. The Balaban J connectivity index is 0.000000149. The van der Waals surface area contributed by atoms with Crippen LogP contribution in [0.4, 0.5) is 0 Å². The van der Waals surface area contributed by atoms with Gasteiger partial charge in [0, 0.05) is 90.0 Å². The summed E-state index contributed by atoms with van der Waals surface area (Å²) in [5, 5.41) is 12.7. The number of aryl methyl sites for hydroxylation is 3. The minimum Gasteiger partial charge on any atom is -0.389 e. The number of hydrogen-bond acceptors (Lipinski definition) is 12. The number of Topliss-reactive ketones (excluding diaryl/α,β-unsaturated/α-hetero) is 2. The zero-order chi connectivity index (χ0) is 55.9. The van der Waals surface area contributed by atoms with Crippen LogP contribution >= 0.6 is 0 Å². The third-order valence-corrected chi connectivity index (χ3v) is 14.6. The van der Waals surface area contributed by atoms with Gasteiger partial charge in [-0.25, -0.2) is 15.0 Å². The summed E-state index contributed by atoms with van der Waals surface area (Å²) in [6.07, 6.45) is 20.4. The number of nitrogens with one attached hydrogen (secondary N) is 2. The van der Waals surface area contributed by atoms with Gasteiger partial charge in [-0.05, 0) is 81.5 Å². The highest BCUT2D eigenvalue weighted by molar-refractivity contribution is 6.09. The Labute approximate surface area is 465 Å². The first-order valence-corrected chi connectivity index (χ1v) is 26.7. The second-order valence-corrected chi connectivity index (χ2v) is 19.5. The third kappa shape index (κ3) is 12.2. The lowest BCUT2D eigenvalue weighted by atomic mass is 9.90. The number of rotatable bonds is 6. The summed E-state index contributed by atoms with van der Waals surface area (Å²) >= 11 is 0. The van der Waals surface area contributed by atoms with Gasteiger partial charge < -0.3 is 30.1 Å². The zero-order valence-corrected chi connectivity index (χ0v) is 45.3. The molecular weight excluding hydrogens is 1010 g/mol. The molecule has 0 aliphatic carbocycles. The predicted octanol–water partition coefficient (Wildman–Crippen LogP) is 6.87. The van der Waals surface area contributed by atoms with Crippen molar-refractivity contribution in [3.05, 3.63) is 178 Å². The molecule has 0 bridgehead atoms. The standard InChI is InChI=1S/C20H22N4O2.C20H20N4O2.C15H14N2O3.C5H8N2.CH4/c2*1-3-14-11-23(12-22-14)19-9-18-17-6-4-5-15(13(2)25)16(17)7-8-24(18)20(26)10-21-19;1-9(18)10-3-2-4-12-11(10)5-6-17-13(12)7-14(19)16-8-15(17)20;1-2-5-3-6-4-7-5;/h4-6,9,11-13,25H,3,7-8,10H2,1-2H3;4-6,9,11-12H,3,7-8,10H2,1-2H3;2-4,7H,5-6,8H2,1H3,(H,16,19);3-4H,2H2,1H3,(H,6,7);1H4. The Morgan fingerprint density at radius 1 is 0.625 bits per heavy atom. The molecule has 0 spiro atoms. The lowest BCUT2D eigenvalue weighted by molar-refractivity contribution is -0.128. The van der Waals surface area contributed by atoms with E-state index in [9.17, 15) is 33.9 Å². The molecule has 414 valence electrons. The molecule has 80 heavy (non-hydrogen) atoms. The van der Waals surface area contributed by atoms with Crippen LogP contribution in [0.1, 0.15) is 132 Å². The van der Waals surface area contributed by atoms with Crippen LogP contribution in [0.5, 0.6) is 0 Å². The average Bonchev–Trinajstić information content (AvgIpc) is 4.27. The molecule has 0 fully saturated rings. The topological polar surface area (TPSA) is 233 Å². The fourth-order valence-corrected chi connectivity index (χ4v) is 10.5. The molecule has 12 rings (SSSR count). The van der Waals surface area contributed by atoms with Crippen molar-refractivity contribution >= 4 is 64.0 Å². The van der Waals surface area contributed by atoms with Gasteiger partial charge >= 0.3 is 0 Å². The van der Waals surface area contributed by atoms with Crippen molar-refractivity contribution in [3.8, 4) is 0 Å². The van der Waals surface area contributed by atoms with Crippen molar-refractivity contribution in [2.75, 3.05) is 39.3 Å². The van der Waals surface area contributed by atoms with E-state index < -0.39 is 6.10 Å². The number of aliphatic hydroxyl groups is 1. The molecule has 6 aliphatic rings. The summed E-state index contributed by atoms with van der Waals surface area (Å²) in [6, 6.07) is 17.0. The average molecular weight is 1080 g/mol. The van der Waals surface area contributed by atoms with Gasteiger partial charge in [-0.15, -0.1) is 0 Å². The monoisotopic (exact) mass is 1080 g/mol. The lowest BCUT2D eigenvalue weighted by Gasteiger charge is -2.32. The number of benzene rings is 3. The number of ketones is 2. The number of aromatic nitrogens is 6. The summed E-state index contributed by atoms with van der Waals surface area (Å²) in [6.45, 7) is 13.0. The highest BCUT2D eigenvalue weighted by Gasteiger charge is 2.33. The number of hydrogen-bond donors (Lipinski definition) is 3. The van der Waals surface area contributed by atoms with E-state index in [0.29, 0.717) is 55.4 Å². The number of amides is 4. The van der Waals surface area contributed by atoms with Gasteiger partial charge in [0.05, 0.1) is 47.5 Å². The van der Waals surface area contributed by atoms with E-state index in [-0.39, 0.29) is 62.3 Å². The molecule has 0 saturated carbocycles. The van der Waals surface area contributed by atoms with Gasteiger partial charge in [0.25, 0.3) is 0 Å². The van der Waals surface area contributed by atoms with E-state index in [1.807, 2.05) is 94.2 Å². The largest absolute Gasteiger partial charge is 0.389 e. The molecule has 19 nitrogen and oxygen atoms in total. The maximum Gasteiger partial charge on any atom is 0.248 e. The van der Waals surface area contributed by atoms with Crippen molar-refractivity contribution in [2.24, 2.45) is 9.98 Å². The fourth-order valence-electron chi connectivity index (χ4n) is 10.5. The Hall–Kier alpha value is -8.97. The van der Waals surface area contributed by atoms with Gasteiger partial charge in [0.1, 0.15) is 37.4 Å². The summed E-state index contributed by atoms with van der Waals surface area (Å²) in [7, 11) is 0. The second-order valence-electron chi connectivity index (χ2n) is 19.5. The summed E-state index contributed by atoms with van der Waals surface area (Å²) < 4.78 is 3.72. The fraction of sp³-hybridized carbons (Fsp3) is 0.328. The van der Waals surface area contributed by atoms with Crippen LogP contribution in [-0.2, 0) is 57.7 Å². The van der Waals surface area contributed by atoms with E-state index >= 15 is 0 Å². The highest BCUT2D eigenvalue weighted by Crippen LogP contribution is 2.36. The number of carbonyl (C=O) groups excluding carboxylic acids is 6. The number of fused-ring (bicyclic) bond motifs is 9. The quantitative estimate of drug-likeness (QED) is 0.146. The van der Waals surface area contributed by atoms with E-state index in [1.54, 1.807) is 54.8 Å². The minimum atomic E-state index is -0.535. The first-order valence-electron chi connectivity index (χ1n) is 26.7. The maximum absolute atomic E-state index is 12.6. The van der Waals surface area contributed by atoms with Gasteiger partial charge in [0.15, 0.2) is 11.6 Å². The van der Waals surface area contributed by atoms with Crippen LogP contribution in [0.2, 0.25) is 0 Å². The summed E-state index contributed by atoms with van der Waals surface area (Å²) in [5.41, 5.74) is 13.5. The summed E-state index contributed by atoms with van der Waals surface area (Å²) in [5.74, 6) is 1.00. The number of allylic oxidation sites excluding steroid dienone is 2. The molecule has 3 aromatic heterocycles. The molecule has 6 aliphatic heterocycles. The number of carbonyl (C=O) groups is 6. The molecule has 3 aromatic carbocycles. The number of aliphatic imine (C=N–C) groups is 2. The SMILES string of the molecule is C.CC(=O)c1cccc2c1CCN1C(=O)CNC(=O)C=C21.CCc1cn(C2=NCC(=O)N3CCc4c(C(C)=O)cccc4C3=C2)cn1.CCc1cn(C2=NCC(=O)N3CCc4c(cccc4C(C)O)C3=C2)cn1.CCc1cnc[nH]1. The van der Waals surface area contributed by atoms with Crippen LogP contribution in [-0.4, -0.2) is 135 Å². The smallest absolute Gasteiger partial charge is 0.248 e. The van der Waals surface area contributed by atoms with Crippen LogP contribution in [0.3, 0.4) is 0 Å². The van der Waals surface area contributed by atoms with Crippen LogP contribution < -0.4 is 5.32 Å². The van der Waals surface area contributed by atoms with Crippen molar-refractivity contribution in [1.29, 1.82) is 0 Å². The van der Waals surface area contributed by atoms with E-state index in [1.165, 1.54) is 18.7 Å². The normalized spacial score (nSPS) is 16.3. The molecule has 4 amide bonds. The molecule has 0 radical (unpaired) electrons. The van der Waals surface area contributed by atoms with Crippen molar-refractivity contribution < 1.29 is 33.9 Å².